The highest BCUT2D eigenvalue weighted by Crippen LogP contribution is 2.38. The third-order valence-electron chi connectivity index (χ3n) is 5.34. The summed E-state index contributed by atoms with van der Waals surface area (Å²) in [6.07, 6.45) is 2.49. The highest BCUT2D eigenvalue weighted by Gasteiger charge is 2.48. The molecule has 10 heteroatoms. The molecule has 0 aliphatic carbocycles. The van der Waals surface area contributed by atoms with Crippen LogP contribution >= 0.6 is 0 Å². The molecule has 3 N–H and O–H groups in total. The van der Waals surface area contributed by atoms with E-state index in [2.05, 4.69) is 5.32 Å². The number of carboxylic acids is 2. The molecule has 1 amide bonds. The van der Waals surface area contributed by atoms with Crippen LogP contribution in [0.3, 0.4) is 0 Å². The van der Waals surface area contributed by atoms with Crippen LogP contribution in [-0.2, 0) is 19.8 Å². The third-order valence-corrected chi connectivity index (χ3v) is 5.34. The first-order valence-corrected chi connectivity index (χ1v) is 10.1. The van der Waals surface area contributed by atoms with Crippen molar-refractivity contribution < 1.29 is 43.5 Å². The Morgan fingerprint density at radius 2 is 1.44 bits per heavy atom. The number of hydrogen-bond acceptors (Lipinski definition) is 7. The van der Waals surface area contributed by atoms with Crippen LogP contribution in [0.25, 0.3) is 6.08 Å². The Labute approximate surface area is 196 Å². The fraction of sp³-hybridized carbons (Fsp3) is 0.292. The Morgan fingerprint density at radius 3 is 1.88 bits per heavy atom. The zero-order chi connectivity index (χ0) is 25.5. The van der Waals surface area contributed by atoms with E-state index >= 15 is 0 Å². The second-order valence-corrected chi connectivity index (χ2v) is 7.05. The molecule has 0 aromatic heterocycles. The molecule has 0 aliphatic rings. The van der Waals surface area contributed by atoms with Gasteiger partial charge in [-0.25, -0.2) is 0 Å². The van der Waals surface area contributed by atoms with Gasteiger partial charge in [0.2, 0.25) is 5.91 Å². The van der Waals surface area contributed by atoms with Gasteiger partial charge in [0.25, 0.3) is 0 Å². The van der Waals surface area contributed by atoms with E-state index in [0.717, 1.165) is 0 Å². The van der Waals surface area contributed by atoms with Gasteiger partial charge in [-0.3, -0.25) is 14.4 Å². The number of nitrogens with one attached hydrogen (secondary N) is 1. The molecule has 34 heavy (non-hydrogen) atoms. The number of carbonyl (C=O) groups excluding carboxylic acids is 1. The first-order valence-electron chi connectivity index (χ1n) is 10.1. The molecule has 0 bridgehead atoms. The normalized spacial score (nSPS) is 11.1. The fourth-order valence-corrected chi connectivity index (χ4v) is 3.47. The molecule has 0 saturated carbocycles. The molecule has 182 valence electrons. The van der Waals surface area contributed by atoms with E-state index in [9.17, 15) is 24.6 Å². The van der Waals surface area contributed by atoms with E-state index in [-0.39, 0.29) is 23.4 Å². The van der Waals surface area contributed by atoms with E-state index in [1.54, 1.807) is 12.1 Å². The molecule has 2 aromatic rings. The van der Waals surface area contributed by atoms with Gasteiger partial charge in [-0.15, -0.1) is 0 Å². The zero-order valence-electron chi connectivity index (χ0n) is 19.5. The molecule has 0 fully saturated rings. The number of amides is 1. The van der Waals surface area contributed by atoms with Crippen LogP contribution in [-0.4, -0.2) is 56.5 Å². The lowest BCUT2D eigenvalue weighted by Crippen LogP contribution is -2.43. The number of benzene rings is 2. The molecule has 0 radical (unpaired) electrons. The summed E-state index contributed by atoms with van der Waals surface area (Å²) in [5.74, 6) is -2.20. The molecule has 0 aliphatic heterocycles. The number of methoxy groups -OCH3 is 4. The number of ether oxygens (including phenoxy) is 4. The van der Waals surface area contributed by atoms with E-state index in [1.807, 2.05) is 0 Å². The van der Waals surface area contributed by atoms with Gasteiger partial charge >= 0.3 is 11.9 Å². The largest absolute Gasteiger partial charge is 0.496 e. The molecule has 0 heterocycles. The standard InChI is InChI=1S/C24H27NO9/c1-6-24(22(27)28,23(29)30)17-11-14(7-9-18(17)32-3)25-21(26)10-8-16-19(33-4)12-15(31-2)13-20(16)34-5/h7-13H,6H2,1-5H3,(H,25,26)(H,27,28)(H,29,30)/b10-8+. The van der Waals surface area contributed by atoms with Gasteiger partial charge in [0.05, 0.1) is 34.0 Å². The Hall–Kier alpha value is -4.21. The summed E-state index contributed by atoms with van der Waals surface area (Å²) in [4.78, 5) is 36.5. The van der Waals surface area contributed by atoms with E-state index in [0.29, 0.717) is 22.8 Å². The molecule has 2 rings (SSSR count). The molecule has 10 nitrogen and oxygen atoms in total. The summed E-state index contributed by atoms with van der Waals surface area (Å²) in [5, 5.41) is 22.0. The minimum atomic E-state index is -2.24. The number of carboxylic acid groups (broad SMARTS) is 2. The van der Waals surface area contributed by atoms with Crippen LogP contribution in [0.5, 0.6) is 23.0 Å². The van der Waals surface area contributed by atoms with Gasteiger partial charge in [0, 0.05) is 29.5 Å². The summed E-state index contributed by atoms with van der Waals surface area (Å²) in [7, 11) is 5.74. The molecule has 0 unspecified atom stereocenters. The van der Waals surface area contributed by atoms with Crippen LogP contribution in [0.2, 0.25) is 0 Å². The first-order chi connectivity index (χ1) is 16.2. The zero-order valence-corrected chi connectivity index (χ0v) is 19.5. The minimum absolute atomic E-state index is 0.0768. The third kappa shape index (κ3) is 5.06. The maximum Gasteiger partial charge on any atom is 0.325 e. The van der Waals surface area contributed by atoms with Crippen molar-refractivity contribution >= 4 is 29.6 Å². The molecular weight excluding hydrogens is 446 g/mol. The predicted molar refractivity (Wildman–Crippen MR) is 124 cm³/mol. The lowest BCUT2D eigenvalue weighted by atomic mass is 9.77. The van der Waals surface area contributed by atoms with Crippen molar-refractivity contribution in [3.8, 4) is 23.0 Å². The number of rotatable bonds is 11. The average Bonchev–Trinajstić information content (AvgIpc) is 2.82. The van der Waals surface area contributed by atoms with Crippen LogP contribution in [0.4, 0.5) is 5.69 Å². The van der Waals surface area contributed by atoms with Gasteiger partial charge in [0.1, 0.15) is 23.0 Å². The Balaban J connectivity index is 2.42. The van der Waals surface area contributed by atoms with Crippen molar-refractivity contribution in [2.75, 3.05) is 33.8 Å². The number of hydrogen-bond donors (Lipinski definition) is 3. The Kier molecular flexibility index (Phi) is 8.49. The monoisotopic (exact) mass is 473 g/mol. The number of carbonyl (C=O) groups is 3. The summed E-state index contributed by atoms with van der Waals surface area (Å²) < 4.78 is 21.1. The van der Waals surface area contributed by atoms with Gasteiger partial charge < -0.3 is 34.5 Å². The summed E-state index contributed by atoms with van der Waals surface area (Å²) in [6.45, 7) is 1.45. The van der Waals surface area contributed by atoms with Gasteiger partial charge in [-0.05, 0) is 30.7 Å². The second-order valence-electron chi connectivity index (χ2n) is 7.05. The smallest absolute Gasteiger partial charge is 0.325 e. The fourth-order valence-electron chi connectivity index (χ4n) is 3.47. The van der Waals surface area contributed by atoms with E-state index < -0.39 is 23.3 Å². The molecule has 0 saturated heterocycles. The Bertz CT molecular complexity index is 1070. The summed E-state index contributed by atoms with van der Waals surface area (Å²) >= 11 is 0. The van der Waals surface area contributed by atoms with E-state index in [1.165, 1.54) is 65.7 Å². The average molecular weight is 473 g/mol. The van der Waals surface area contributed by atoms with Crippen LogP contribution < -0.4 is 24.3 Å². The van der Waals surface area contributed by atoms with Crippen molar-refractivity contribution in [1.82, 2.24) is 0 Å². The molecule has 0 atom stereocenters. The van der Waals surface area contributed by atoms with Crippen molar-refractivity contribution in [3.63, 3.8) is 0 Å². The predicted octanol–water partition coefficient (Wildman–Crippen LogP) is 3.19. The lowest BCUT2D eigenvalue weighted by Gasteiger charge is -2.26. The number of anilines is 1. The highest BCUT2D eigenvalue weighted by atomic mass is 16.5. The van der Waals surface area contributed by atoms with Crippen molar-refractivity contribution in [1.29, 1.82) is 0 Å². The van der Waals surface area contributed by atoms with Crippen molar-refractivity contribution in [2.45, 2.75) is 18.8 Å². The summed E-state index contributed by atoms with van der Waals surface area (Å²) in [6, 6.07) is 7.44. The minimum Gasteiger partial charge on any atom is -0.496 e. The summed E-state index contributed by atoms with van der Waals surface area (Å²) in [5.41, 5.74) is -1.64. The topological polar surface area (TPSA) is 141 Å². The van der Waals surface area contributed by atoms with E-state index in [4.69, 9.17) is 18.9 Å². The van der Waals surface area contributed by atoms with Crippen molar-refractivity contribution in [3.05, 3.63) is 47.5 Å². The van der Waals surface area contributed by atoms with Crippen LogP contribution in [0, 0.1) is 0 Å². The van der Waals surface area contributed by atoms with Crippen molar-refractivity contribution in [2.24, 2.45) is 0 Å². The maximum atomic E-state index is 12.6. The quantitative estimate of drug-likeness (QED) is 0.331. The van der Waals surface area contributed by atoms with Crippen LogP contribution in [0.15, 0.2) is 36.4 Å². The Morgan fingerprint density at radius 1 is 0.882 bits per heavy atom. The maximum absolute atomic E-state index is 12.6. The molecule has 0 spiro atoms. The SMILES string of the molecule is CCC(C(=O)O)(C(=O)O)c1cc(NC(=O)/C=C/c2c(OC)cc(OC)cc2OC)ccc1OC. The molecule has 2 aromatic carbocycles. The van der Waals surface area contributed by atoms with Gasteiger partial charge in [-0.1, -0.05) is 6.92 Å². The van der Waals surface area contributed by atoms with Gasteiger partial charge in [0.15, 0.2) is 5.41 Å². The first kappa shape index (κ1) is 26.0. The molecular formula is C24H27NO9. The highest BCUT2D eigenvalue weighted by molar-refractivity contribution is 6.06. The second kappa shape index (κ2) is 11.1. The lowest BCUT2D eigenvalue weighted by molar-refractivity contribution is -0.158. The number of aliphatic carboxylic acids is 2. The van der Waals surface area contributed by atoms with Gasteiger partial charge in [-0.2, -0.15) is 0 Å². The van der Waals surface area contributed by atoms with Crippen LogP contribution in [0.1, 0.15) is 24.5 Å².